The maximum absolute atomic E-state index is 12.4. The molecule has 1 aromatic carbocycles. The van der Waals surface area contributed by atoms with E-state index in [0.29, 0.717) is 56.6 Å². The number of nitrogens with zero attached hydrogens (tertiary/aromatic N) is 2. The molecule has 1 saturated heterocycles. The summed E-state index contributed by atoms with van der Waals surface area (Å²) in [5.41, 5.74) is 0.553. The summed E-state index contributed by atoms with van der Waals surface area (Å²) in [6.07, 6.45) is 1.18. The Balaban J connectivity index is 1.65. The fraction of sp³-hybridized carbons (Fsp3) is 0.500. The van der Waals surface area contributed by atoms with E-state index in [1.165, 1.54) is 10.6 Å². The molecule has 0 radical (unpaired) electrons. The van der Waals surface area contributed by atoms with Crippen LogP contribution < -0.4 is 14.8 Å². The predicted octanol–water partition coefficient (Wildman–Crippen LogP) is 0.567. The Morgan fingerprint density at radius 3 is 2.52 bits per heavy atom. The van der Waals surface area contributed by atoms with Gasteiger partial charge >= 0.3 is 6.03 Å². The molecule has 2 heterocycles. The van der Waals surface area contributed by atoms with Crippen LogP contribution in [0.5, 0.6) is 11.5 Å². The average molecular weight is 341 g/mol. The molecule has 0 unspecified atom stereocenters. The molecule has 126 valence electrons. The van der Waals surface area contributed by atoms with E-state index in [-0.39, 0.29) is 6.03 Å². The summed E-state index contributed by atoms with van der Waals surface area (Å²) in [4.78, 5) is 13.9. The molecule has 2 amide bonds. The summed E-state index contributed by atoms with van der Waals surface area (Å²) in [6.45, 7) is 2.23. The predicted molar refractivity (Wildman–Crippen MR) is 84.4 cm³/mol. The summed E-state index contributed by atoms with van der Waals surface area (Å²) in [7, 11) is -3.21. The summed E-state index contributed by atoms with van der Waals surface area (Å²) in [5, 5.41) is 2.81. The Labute approximate surface area is 135 Å². The van der Waals surface area contributed by atoms with Gasteiger partial charge < -0.3 is 19.7 Å². The average Bonchev–Trinajstić information content (AvgIpc) is 2.54. The molecular formula is C14H19N3O5S. The zero-order chi connectivity index (χ0) is 16.4. The first kappa shape index (κ1) is 15.9. The minimum atomic E-state index is -3.21. The smallest absolute Gasteiger partial charge is 0.322 e. The second kappa shape index (κ2) is 6.25. The van der Waals surface area contributed by atoms with Crippen LogP contribution in [0, 0.1) is 0 Å². The molecule has 23 heavy (non-hydrogen) atoms. The zero-order valence-corrected chi connectivity index (χ0v) is 13.6. The van der Waals surface area contributed by atoms with Crippen LogP contribution in [-0.2, 0) is 10.0 Å². The Kier molecular flexibility index (Phi) is 4.31. The number of sulfonamides is 1. The van der Waals surface area contributed by atoms with E-state index < -0.39 is 10.0 Å². The van der Waals surface area contributed by atoms with E-state index in [1.54, 1.807) is 23.1 Å². The van der Waals surface area contributed by atoms with E-state index in [4.69, 9.17) is 9.47 Å². The minimum absolute atomic E-state index is 0.277. The van der Waals surface area contributed by atoms with Crippen molar-refractivity contribution in [3.05, 3.63) is 18.2 Å². The number of urea groups is 1. The van der Waals surface area contributed by atoms with Gasteiger partial charge in [0.05, 0.1) is 11.9 Å². The van der Waals surface area contributed by atoms with Crippen molar-refractivity contribution in [1.29, 1.82) is 0 Å². The van der Waals surface area contributed by atoms with Gasteiger partial charge in [0.2, 0.25) is 10.0 Å². The Bertz CT molecular complexity index is 698. The summed E-state index contributed by atoms with van der Waals surface area (Å²) in [5.74, 6) is 1.14. The first-order valence-electron chi connectivity index (χ1n) is 7.35. The van der Waals surface area contributed by atoms with Crippen LogP contribution in [0.1, 0.15) is 0 Å². The standard InChI is InChI=1S/C14H19N3O5S/c1-23(19,20)17-7-5-16(6-8-17)14(18)15-11-3-2-4-12-13(11)22-10-9-21-12/h2-4H,5-10H2,1H3,(H,15,18). The van der Waals surface area contributed by atoms with Crippen molar-refractivity contribution in [2.24, 2.45) is 0 Å². The number of amides is 2. The maximum atomic E-state index is 12.4. The molecular weight excluding hydrogens is 322 g/mol. The number of hydrogen-bond donors (Lipinski definition) is 1. The van der Waals surface area contributed by atoms with E-state index in [9.17, 15) is 13.2 Å². The summed E-state index contributed by atoms with van der Waals surface area (Å²) in [6, 6.07) is 5.04. The molecule has 9 heteroatoms. The molecule has 0 saturated carbocycles. The van der Waals surface area contributed by atoms with E-state index in [2.05, 4.69) is 5.32 Å². The summed E-state index contributed by atoms with van der Waals surface area (Å²) < 4.78 is 35.4. The van der Waals surface area contributed by atoms with Crippen molar-refractivity contribution in [3.63, 3.8) is 0 Å². The van der Waals surface area contributed by atoms with Crippen molar-refractivity contribution in [1.82, 2.24) is 9.21 Å². The zero-order valence-electron chi connectivity index (χ0n) is 12.8. The highest BCUT2D eigenvalue weighted by Crippen LogP contribution is 2.37. The fourth-order valence-corrected chi connectivity index (χ4v) is 3.42. The lowest BCUT2D eigenvalue weighted by molar-refractivity contribution is 0.171. The van der Waals surface area contributed by atoms with Gasteiger partial charge in [-0.25, -0.2) is 13.2 Å². The van der Waals surface area contributed by atoms with E-state index in [1.807, 2.05) is 0 Å². The molecule has 2 aliphatic rings. The number of anilines is 1. The van der Waals surface area contributed by atoms with Gasteiger partial charge in [-0.3, -0.25) is 0 Å². The quantitative estimate of drug-likeness (QED) is 0.849. The molecule has 2 aliphatic heterocycles. The molecule has 0 bridgehead atoms. The van der Waals surface area contributed by atoms with Gasteiger partial charge in [0.25, 0.3) is 0 Å². The van der Waals surface area contributed by atoms with Gasteiger partial charge in [-0.05, 0) is 12.1 Å². The number of rotatable bonds is 2. The second-order valence-electron chi connectivity index (χ2n) is 5.41. The lowest BCUT2D eigenvalue weighted by Crippen LogP contribution is -2.51. The molecule has 1 N–H and O–H groups in total. The van der Waals surface area contributed by atoms with Crippen molar-refractivity contribution in [2.45, 2.75) is 0 Å². The van der Waals surface area contributed by atoms with Gasteiger partial charge in [0.15, 0.2) is 11.5 Å². The molecule has 3 rings (SSSR count). The third-order valence-electron chi connectivity index (χ3n) is 3.80. The highest BCUT2D eigenvalue weighted by atomic mass is 32.2. The number of para-hydroxylation sites is 1. The van der Waals surface area contributed by atoms with Crippen LogP contribution in [0.25, 0.3) is 0 Å². The Morgan fingerprint density at radius 1 is 1.13 bits per heavy atom. The molecule has 0 atom stereocenters. The number of benzene rings is 1. The van der Waals surface area contributed by atoms with Gasteiger partial charge in [0, 0.05) is 26.2 Å². The number of carbonyl (C=O) groups excluding carboxylic acids is 1. The molecule has 1 aromatic rings. The van der Waals surface area contributed by atoms with Crippen molar-refractivity contribution < 1.29 is 22.7 Å². The van der Waals surface area contributed by atoms with Crippen LogP contribution in [0.15, 0.2) is 18.2 Å². The highest BCUT2D eigenvalue weighted by Gasteiger charge is 2.27. The number of nitrogens with one attached hydrogen (secondary N) is 1. The van der Waals surface area contributed by atoms with Crippen LogP contribution >= 0.6 is 0 Å². The number of fused-ring (bicyclic) bond motifs is 1. The molecule has 1 fully saturated rings. The normalized spacial score (nSPS) is 18.6. The van der Waals surface area contributed by atoms with Gasteiger partial charge in [-0.15, -0.1) is 0 Å². The van der Waals surface area contributed by atoms with Crippen LogP contribution in [-0.4, -0.2) is 69.3 Å². The van der Waals surface area contributed by atoms with Crippen molar-refractivity contribution >= 4 is 21.7 Å². The van der Waals surface area contributed by atoms with Gasteiger partial charge in [-0.1, -0.05) is 6.07 Å². The maximum Gasteiger partial charge on any atom is 0.322 e. The van der Waals surface area contributed by atoms with Crippen molar-refractivity contribution in [2.75, 3.05) is 51.0 Å². The van der Waals surface area contributed by atoms with Crippen LogP contribution in [0.2, 0.25) is 0 Å². The minimum Gasteiger partial charge on any atom is -0.486 e. The second-order valence-corrected chi connectivity index (χ2v) is 7.39. The van der Waals surface area contributed by atoms with Crippen LogP contribution in [0.4, 0.5) is 10.5 Å². The topological polar surface area (TPSA) is 88.2 Å². The number of hydrogen-bond acceptors (Lipinski definition) is 5. The SMILES string of the molecule is CS(=O)(=O)N1CCN(C(=O)Nc2cccc3c2OCCO3)CC1. The monoisotopic (exact) mass is 341 g/mol. The lowest BCUT2D eigenvalue weighted by atomic mass is 10.2. The molecule has 0 aromatic heterocycles. The first-order valence-corrected chi connectivity index (χ1v) is 9.19. The fourth-order valence-electron chi connectivity index (χ4n) is 2.59. The van der Waals surface area contributed by atoms with Gasteiger partial charge in [-0.2, -0.15) is 4.31 Å². The number of piperazine rings is 1. The third-order valence-corrected chi connectivity index (χ3v) is 5.11. The Hall–Kier alpha value is -2.00. The number of ether oxygens (including phenoxy) is 2. The third kappa shape index (κ3) is 3.50. The summed E-state index contributed by atoms with van der Waals surface area (Å²) >= 11 is 0. The molecule has 0 spiro atoms. The van der Waals surface area contributed by atoms with Crippen LogP contribution in [0.3, 0.4) is 0 Å². The number of carbonyl (C=O) groups is 1. The van der Waals surface area contributed by atoms with Gasteiger partial charge in [0.1, 0.15) is 13.2 Å². The Morgan fingerprint density at radius 2 is 1.83 bits per heavy atom. The lowest BCUT2D eigenvalue weighted by Gasteiger charge is -2.33. The van der Waals surface area contributed by atoms with Crippen molar-refractivity contribution in [3.8, 4) is 11.5 Å². The first-order chi connectivity index (χ1) is 10.9. The molecule has 8 nitrogen and oxygen atoms in total. The van der Waals surface area contributed by atoms with E-state index >= 15 is 0 Å². The molecule has 0 aliphatic carbocycles. The van der Waals surface area contributed by atoms with E-state index in [0.717, 1.165) is 0 Å². The largest absolute Gasteiger partial charge is 0.486 e. The highest BCUT2D eigenvalue weighted by molar-refractivity contribution is 7.88.